The zero-order valence-electron chi connectivity index (χ0n) is 10.4. The van der Waals surface area contributed by atoms with E-state index in [2.05, 4.69) is 15.0 Å². The molecule has 0 spiro atoms. The minimum atomic E-state index is -0.733. The van der Waals surface area contributed by atoms with Gasteiger partial charge in [-0.25, -0.2) is 4.98 Å². The maximum absolute atomic E-state index is 11.8. The van der Waals surface area contributed by atoms with Gasteiger partial charge in [-0.2, -0.15) is 0 Å². The van der Waals surface area contributed by atoms with Crippen molar-refractivity contribution in [1.82, 2.24) is 10.3 Å². The molecule has 0 atom stereocenters. The first-order valence-electron chi connectivity index (χ1n) is 5.15. The minimum absolute atomic E-state index is 0.207. The first-order chi connectivity index (χ1) is 7.88. The largest absolute Gasteiger partial charge is 0.469 e. The van der Waals surface area contributed by atoms with Gasteiger partial charge in [-0.05, 0) is 20.8 Å². The molecule has 0 fully saturated rings. The fraction of sp³-hybridized carbons (Fsp3) is 0.545. The lowest BCUT2D eigenvalue weighted by atomic mass is 9.94. The summed E-state index contributed by atoms with van der Waals surface area (Å²) in [5.74, 6) is -0.555. The Kier molecular flexibility index (Phi) is 4.22. The quantitative estimate of drug-likeness (QED) is 0.826. The number of carbonyl (C=O) groups is 2. The van der Waals surface area contributed by atoms with Crippen LogP contribution in [0.4, 0.5) is 0 Å². The van der Waals surface area contributed by atoms with E-state index in [-0.39, 0.29) is 18.4 Å². The fourth-order valence-corrected chi connectivity index (χ4v) is 1.97. The Hall–Kier alpha value is -1.43. The lowest BCUT2D eigenvalue weighted by molar-refractivity contribution is -0.150. The van der Waals surface area contributed by atoms with Crippen LogP contribution < -0.4 is 5.32 Å². The highest BCUT2D eigenvalue weighted by atomic mass is 32.1. The van der Waals surface area contributed by atoms with Crippen molar-refractivity contribution in [1.29, 1.82) is 0 Å². The summed E-state index contributed by atoms with van der Waals surface area (Å²) in [5, 5.41) is 2.71. The number of nitrogens with zero attached hydrogens (tertiary/aromatic N) is 1. The van der Waals surface area contributed by atoms with Crippen molar-refractivity contribution in [3.63, 3.8) is 0 Å². The summed E-state index contributed by atoms with van der Waals surface area (Å²) in [4.78, 5) is 27.8. The van der Waals surface area contributed by atoms with Gasteiger partial charge in [0.2, 0.25) is 0 Å². The molecule has 0 aliphatic heterocycles. The third kappa shape index (κ3) is 3.26. The number of thiazole rings is 1. The summed E-state index contributed by atoms with van der Waals surface area (Å²) in [7, 11) is 1.33. The molecule has 5 nitrogen and oxygen atoms in total. The molecule has 0 aromatic carbocycles. The highest BCUT2D eigenvalue weighted by Gasteiger charge is 2.29. The second-order valence-corrected chi connectivity index (χ2v) is 5.18. The molecule has 1 amide bonds. The predicted molar refractivity (Wildman–Crippen MR) is 65.0 cm³/mol. The van der Waals surface area contributed by atoms with Crippen molar-refractivity contribution >= 4 is 23.2 Å². The highest BCUT2D eigenvalue weighted by Crippen LogP contribution is 2.17. The number of ether oxygens (including phenoxy) is 1. The highest BCUT2D eigenvalue weighted by molar-refractivity contribution is 7.11. The van der Waals surface area contributed by atoms with E-state index in [0.29, 0.717) is 10.6 Å². The second kappa shape index (κ2) is 5.27. The normalized spacial score (nSPS) is 11.1. The summed E-state index contributed by atoms with van der Waals surface area (Å²) in [6, 6.07) is 0. The Bertz CT molecular complexity index is 426. The van der Waals surface area contributed by atoms with Gasteiger partial charge in [-0.1, -0.05) is 0 Å². The molecule has 17 heavy (non-hydrogen) atoms. The van der Waals surface area contributed by atoms with E-state index in [4.69, 9.17) is 0 Å². The van der Waals surface area contributed by atoms with Gasteiger partial charge in [0, 0.05) is 6.54 Å². The maximum Gasteiger partial charge on any atom is 0.313 e. The summed E-state index contributed by atoms with van der Waals surface area (Å²) >= 11 is 1.28. The van der Waals surface area contributed by atoms with Crippen LogP contribution in [0.25, 0.3) is 0 Å². The number of hydrogen-bond donors (Lipinski definition) is 1. The average molecular weight is 256 g/mol. The third-order valence-corrected chi connectivity index (χ3v) is 3.31. The van der Waals surface area contributed by atoms with Gasteiger partial charge in [0.05, 0.1) is 23.7 Å². The summed E-state index contributed by atoms with van der Waals surface area (Å²) < 4.78 is 4.66. The third-order valence-electron chi connectivity index (χ3n) is 2.38. The van der Waals surface area contributed by atoms with Gasteiger partial charge in [-0.3, -0.25) is 9.59 Å². The molecule has 0 unspecified atom stereocenters. The molecular weight excluding hydrogens is 240 g/mol. The topological polar surface area (TPSA) is 68.3 Å². The van der Waals surface area contributed by atoms with Crippen LogP contribution in [-0.4, -0.2) is 30.5 Å². The Morgan fingerprint density at radius 1 is 1.53 bits per heavy atom. The van der Waals surface area contributed by atoms with Crippen LogP contribution in [0, 0.1) is 12.3 Å². The number of nitrogens with one attached hydrogen (secondary N) is 1. The van der Waals surface area contributed by atoms with E-state index in [0.717, 1.165) is 0 Å². The Morgan fingerprint density at radius 3 is 2.65 bits per heavy atom. The number of carbonyl (C=O) groups excluding carboxylic acids is 2. The van der Waals surface area contributed by atoms with E-state index < -0.39 is 5.41 Å². The molecule has 6 heteroatoms. The lowest BCUT2D eigenvalue weighted by Crippen LogP contribution is -2.39. The van der Waals surface area contributed by atoms with Crippen LogP contribution in [0.2, 0.25) is 0 Å². The number of methoxy groups -OCH3 is 1. The number of aryl methyl sites for hydroxylation is 1. The smallest absolute Gasteiger partial charge is 0.313 e. The molecule has 1 aromatic heterocycles. The molecule has 0 saturated heterocycles. The molecule has 0 radical (unpaired) electrons. The van der Waals surface area contributed by atoms with Crippen LogP contribution in [0.1, 0.15) is 29.2 Å². The molecule has 0 aliphatic carbocycles. The van der Waals surface area contributed by atoms with Gasteiger partial charge in [0.1, 0.15) is 4.88 Å². The zero-order valence-corrected chi connectivity index (χ0v) is 11.2. The van der Waals surface area contributed by atoms with E-state index in [1.165, 1.54) is 18.4 Å². The molecule has 0 aliphatic rings. The molecule has 0 saturated carbocycles. The Balaban J connectivity index is 2.60. The second-order valence-electron chi connectivity index (χ2n) is 4.33. The van der Waals surface area contributed by atoms with E-state index in [1.54, 1.807) is 26.3 Å². The molecule has 1 N–H and O–H groups in total. The van der Waals surface area contributed by atoms with Crippen LogP contribution in [-0.2, 0) is 9.53 Å². The summed E-state index contributed by atoms with van der Waals surface area (Å²) in [5.41, 5.74) is 1.59. The monoisotopic (exact) mass is 256 g/mol. The SMILES string of the molecule is COC(=O)C(C)(C)CNC(=O)c1scnc1C. The van der Waals surface area contributed by atoms with Crippen molar-refractivity contribution in [3.05, 3.63) is 16.1 Å². The van der Waals surface area contributed by atoms with Crippen LogP contribution in [0.3, 0.4) is 0 Å². The van der Waals surface area contributed by atoms with Gasteiger partial charge in [-0.15, -0.1) is 11.3 Å². The fourth-order valence-electron chi connectivity index (χ4n) is 1.25. The molecular formula is C11H16N2O3S. The van der Waals surface area contributed by atoms with Crippen molar-refractivity contribution in [3.8, 4) is 0 Å². The van der Waals surface area contributed by atoms with Gasteiger partial charge < -0.3 is 10.1 Å². The molecule has 1 heterocycles. The minimum Gasteiger partial charge on any atom is -0.469 e. The van der Waals surface area contributed by atoms with E-state index in [9.17, 15) is 9.59 Å². The van der Waals surface area contributed by atoms with Crippen molar-refractivity contribution in [2.75, 3.05) is 13.7 Å². The van der Waals surface area contributed by atoms with Crippen molar-refractivity contribution < 1.29 is 14.3 Å². The van der Waals surface area contributed by atoms with Gasteiger partial charge in [0.15, 0.2) is 0 Å². The predicted octanol–water partition coefficient (Wildman–Crippen LogP) is 1.38. The Morgan fingerprint density at radius 2 is 2.18 bits per heavy atom. The molecule has 0 bridgehead atoms. The molecule has 1 rings (SSSR count). The summed E-state index contributed by atoms with van der Waals surface area (Å²) in [6.45, 7) is 5.45. The van der Waals surface area contributed by atoms with Gasteiger partial charge >= 0.3 is 5.97 Å². The number of esters is 1. The number of aromatic nitrogens is 1. The first-order valence-corrected chi connectivity index (χ1v) is 6.03. The van der Waals surface area contributed by atoms with E-state index in [1.807, 2.05) is 0 Å². The first kappa shape index (κ1) is 13.6. The zero-order chi connectivity index (χ0) is 13.1. The van der Waals surface area contributed by atoms with E-state index >= 15 is 0 Å². The standard InChI is InChI=1S/C11H16N2O3S/c1-7-8(17-6-13-7)9(14)12-5-11(2,3)10(15)16-4/h6H,5H2,1-4H3,(H,12,14). The van der Waals surface area contributed by atoms with Crippen molar-refractivity contribution in [2.45, 2.75) is 20.8 Å². The lowest BCUT2D eigenvalue weighted by Gasteiger charge is -2.21. The van der Waals surface area contributed by atoms with Gasteiger partial charge in [0.25, 0.3) is 5.91 Å². The molecule has 1 aromatic rings. The number of amides is 1. The van der Waals surface area contributed by atoms with Crippen LogP contribution in [0.15, 0.2) is 5.51 Å². The summed E-state index contributed by atoms with van der Waals surface area (Å²) in [6.07, 6.45) is 0. The average Bonchev–Trinajstić information content (AvgIpc) is 2.71. The maximum atomic E-state index is 11.8. The molecule has 94 valence electrons. The number of hydrogen-bond acceptors (Lipinski definition) is 5. The van der Waals surface area contributed by atoms with Crippen LogP contribution >= 0.6 is 11.3 Å². The van der Waals surface area contributed by atoms with Crippen molar-refractivity contribution in [2.24, 2.45) is 5.41 Å². The Labute approximate surface area is 104 Å². The van der Waals surface area contributed by atoms with Crippen LogP contribution in [0.5, 0.6) is 0 Å². The number of rotatable bonds is 4.